The van der Waals surface area contributed by atoms with Crippen LogP contribution in [0.2, 0.25) is 5.02 Å². The number of aromatic nitrogens is 2. The molecule has 1 aromatic rings. The third kappa shape index (κ3) is 3.90. The Morgan fingerprint density at radius 1 is 1.69 bits per heavy atom. The van der Waals surface area contributed by atoms with E-state index < -0.39 is 0 Å². The number of nitrogens with zero attached hydrogens (tertiary/aromatic N) is 2. The number of primary amides is 1. The number of methoxy groups -OCH3 is 1. The Balaban J connectivity index is 2.49. The standard InChI is InChI=1S/C9H13ClN4O2/c1-16-9-13-5-6(10)8(14-9)12-4-2-3-7(11)15/h5H,2-4H2,1H3,(H2,11,15)(H,12,13,14). The van der Waals surface area contributed by atoms with Crippen molar-refractivity contribution in [3.63, 3.8) is 0 Å². The number of ether oxygens (including phenoxy) is 1. The summed E-state index contributed by atoms with van der Waals surface area (Å²) in [6.45, 7) is 0.558. The summed E-state index contributed by atoms with van der Waals surface area (Å²) < 4.78 is 4.86. The Labute approximate surface area is 98.2 Å². The van der Waals surface area contributed by atoms with Gasteiger partial charge in [0.2, 0.25) is 5.91 Å². The Kier molecular flexibility index (Phi) is 4.78. The third-order valence-corrected chi connectivity index (χ3v) is 2.07. The molecule has 0 aliphatic heterocycles. The van der Waals surface area contributed by atoms with Gasteiger partial charge in [-0.3, -0.25) is 4.79 Å². The molecule has 1 rings (SSSR count). The number of hydrogen-bond donors (Lipinski definition) is 2. The van der Waals surface area contributed by atoms with Crippen LogP contribution >= 0.6 is 11.6 Å². The molecule has 0 aromatic carbocycles. The summed E-state index contributed by atoms with van der Waals surface area (Å²) in [4.78, 5) is 18.4. The molecule has 1 heterocycles. The van der Waals surface area contributed by atoms with Crippen LogP contribution in [0.4, 0.5) is 5.82 Å². The number of halogens is 1. The minimum absolute atomic E-state index is 0.238. The molecule has 0 atom stereocenters. The monoisotopic (exact) mass is 244 g/mol. The van der Waals surface area contributed by atoms with Gasteiger partial charge in [0.05, 0.1) is 13.3 Å². The SMILES string of the molecule is COc1ncc(Cl)c(NCCCC(N)=O)n1. The van der Waals surface area contributed by atoms with Crippen LogP contribution in [0.15, 0.2) is 6.20 Å². The molecule has 6 nitrogen and oxygen atoms in total. The lowest BCUT2D eigenvalue weighted by molar-refractivity contribution is -0.118. The van der Waals surface area contributed by atoms with E-state index in [1.165, 1.54) is 13.3 Å². The zero-order valence-corrected chi connectivity index (χ0v) is 9.62. The van der Waals surface area contributed by atoms with E-state index in [0.717, 1.165) is 0 Å². The van der Waals surface area contributed by atoms with E-state index in [-0.39, 0.29) is 11.9 Å². The summed E-state index contributed by atoms with van der Waals surface area (Å²) in [6.07, 6.45) is 2.40. The van der Waals surface area contributed by atoms with Crippen LogP contribution < -0.4 is 15.8 Å². The summed E-state index contributed by atoms with van der Waals surface area (Å²) in [7, 11) is 1.47. The fourth-order valence-electron chi connectivity index (χ4n) is 1.04. The summed E-state index contributed by atoms with van der Waals surface area (Å²) in [5, 5.41) is 3.37. The highest BCUT2D eigenvalue weighted by atomic mass is 35.5. The number of hydrogen-bond acceptors (Lipinski definition) is 5. The Hall–Kier alpha value is -1.56. The van der Waals surface area contributed by atoms with Gasteiger partial charge in [0.15, 0.2) is 5.82 Å². The van der Waals surface area contributed by atoms with E-state index in [2.05, 4.69) is 15.3 Å². The highest BCUT2D eigenvalue weighted by molar-refractivity contribution is 6.32. The lowest BCUT2D eigenvalue weighted by Crippen LogP contribution is -2.13. The van der Waals surface area contributed by atoms with E-state index in [1.54, 1.807) is 0 Å². The molecule has 3 N–H and O–H groups in total. The molecule has 7 heteroatoms. The van der Waals surface area contributed by atoms with Crippen molar-refractivity contribution >= 4 is 23.3 Å². The number of anilines is 1. The van der Waals surface area contributed by atoms with Crippen molar-refractivity contribution in [2.24, 2.45) is 5.73 Å². The van der Waals surface area contributed by atoms with Crippen molar-refractivity contribution in [1.29, 1.82) is 0 Å². The topological polar surface area (TPSA) is 90.1 Å². The zero-order chi connectivity index (χ0) is 12.0. The van der Waals surface area contributed by atoms with Crippen LogP contribution in [0.1, 0.15) is 12.8 Å². The minimum atomic E-state index is -0.326. The van der Waals surface area contributed by atoms with Gasteiger partial charge in [0.25, 0.3) is 0 Å². The molecular weight excluding hydrogens is 232 g/mol. The highest BCUT2D eigenvalue weighted by Crippen LogP contribution is 2.19. The van der Waals surface area contributed by atoms with Crippen molar-refractivity contribution in [3.05, 3.63) is 11.2 Å². The molecule has 0 fully saturated rings. The van der Waals surface area contributed by atoms with E-state index in [1.807, 2.05) is 0 Å². The average molecular weight is 245 g/mol. The largest absolute Gasteiger partial charge is 0.467 e. The van der Waals surface area contributed by atoms with Gasteiger partial charge in [0, 0.05) is 13.0 Å². The van der Waals surface area contributed by atoms with Crippen LogP contribution in [0.3, 0.4) is 0 Å². The fourth-order valence-corrected chi connectivity index (χ4v) is 1.20. The quantitative estimate of drug-likeness (QED) is 0.723. The Bertz CT molecular complexity index is 373. The second-order valence-corrected chi connectivity index (χ2v) is 3.46. The van der Waals surface area contributed by atoms with Crippen LogP contribution in [-0.4, -0.2) is 29.5 Å². The van der Waals surface area contributed by atoms with Gasteiger partial charge in [-0.2, -0.15) is 4.98 Å². The molecule has 0 saturated heterocycles. The first-order valence-corrected chi connectivity index (χ1v) is 5.10. The summed E-state index contributed by atoms with van der Waals surface area (Å²) >= 11 is 5.86. The van der Waals surface area contributed by atoms with Crippen LogP contribution in [0, 0.1) is 0 Å². The van der Waals surface area contributed by atoms with Crippen molar-refractivity contribution in [2.75, 3.05) is 19.0 Å². The fraction of sp³-hybridized carbons (Fsp3) is 0.444. The van der Waals surface area contributed by atoms with Gasteiger partial charge in [-0.1, -0.05) is 11.6 Å². The lowest BCUT2D eigenvalue weighted by Gasteiger charge is -2.07. The maximum atomic E-state index is 10.5. The molecule has 1 amide bonds. The molecule has 16 heavy (non-hydrogen) atoms. The predicted octanol–water partition coefficient (Wildman–Crippen LogP) is 0.816. The number of nitrogens with two attached hydrogens (primary N) is 1. The van der Waals surface area contributed by atoms with E-state index in [4.69, 9.17) is 22.1 Å². The lowest BCUT2D eigenvalue weighted by atomic mass is 10.3. The van der Waals surface area contributed by atoms with E-state index >= 15 is 0 Å². The molecule has 0 aliphatic rings. The molecule has 1 aromatic heterocycles. The summed E-state index contributed by atoms with van der Waals surface area (Å²) in [5.74, 6) is 0.158. The van der Waals surface area contributed by atoms with Crippen molar-refractivity contribution in [3.8, 4) is 6.01 Å². The first kappa shape index (κ1) is 12.5. The number of rotatable bonds is 6. The molecule has 0 radical (unpaired) electrons. The van der Waals surface area contributed by atoms with Gasteiger partial charge in [0.1, 0.15) is 5.02 Å². The van der Waals surface area contributed by atoms with Gasteiger partial charge < -0.3 is 15.8 Å². The Morgan fingerprint density at radius 3 is 3.06 bits per heavy atom. The number of carbonyl (C=O) groups is 1. The van der Waals surface area contributed by atoms with Gasteiger partial charge in [-0.25, -0.2) is 4.98 Å². The van der Waals surface area contributed by atoms with Gasteiger partial charge in [-0.15, -0.1) is 0 Å². The molecule has 0 aliphatic carbocycles. The molecule has 0 bridgehead atoms. The van der Waals surface area contributed by atoms with Gasteiger partial charge >= 0.3 is 6.01 Å². The minimum Gasteiger partial charge on any atom is -0.467 e. The average Bonchev–Trinajstić information content (AvgIpc) is 2.26. The predicted molar refractivity (Wildman–Crippen MR) is 60.5 cm³/mol. The molecular formula is C9H13ClN4O2. The van der Waals surface area contributed by atoms with Crippen molar-refractivity contribution < 1.29 is 9.53 Å². The first-order chi connectivity index (χ1) is 7.63. The maximum Gasteiger partial charge on any atom is 0.318 e. The van der Waals surface area contributed by atoms with E-state index in [0.29, 0.717) is 30.2 Å². The van der Waals surface area contributed by atoms with Crippen LogP contribution in [-0.2, 0) is 4.79 Å². The first-order valence-electron chi connectivity index (χ1n) is 4.72. The highest BCUT2D eigenvalue weighted by Gasteiger charge is 2.04. The smallest absolute Gasteiger partial charge is 0.318 e. The summed E-state index contributed by atoms with van der Waals surface area (Å²) in [6, 6.07) is 0.238. The van der Waals surface area contributed by atoms with Gasteiger partial charge in [-0.05, 0) is 6.42 Å². The normalized spacial score (nSPS) is 9.88. The van der Waals surface area contributed by atoms with Crippen molar-refractivity contribution in [1.82, 2.24) is 9.97 Å². The van der Waals surface area contributed by atoms with Crippen LogP contribution in [0.5, 0.6) is 6.01 Å². The third-order valence-electron chi connectivity index (χ3n) is 1.80. The number of carbonyl (C=O) groups excluding carboxylic acids is 1. The maximum absolute atomic E-state index is 10.5. The van der Waals surface area contributed by atoms with E-state index in [9.17, 15) is 4.79 Å². The zero-order valence-electron chi connectivity index (χ0n) is 8.86. The molecule has 88 valence electrons. The number of nitrogens with one attached hydrogen (secondary N) is 1. The Morgan fingerprint density at radius 2 is 2.44 bits per heavy atom. The van der Waals surface area contributed by atoms with Crippen molar-refractivity contribution in [2.45, 2.75) is 12.8 Å². The second-order valence-electron chi connectivity index (χ2n) is 3.05. The van der Waals surface area contributed by atoms with Crippen LogP contribution in [0.25, 0.3) is 0 Å². The second kappa shape index (κ2) is 6.12. The molecule has 0 spiro atoms. The summed E-state index contributed by atoms with van der Waals surface area (Å²) in [5.41, 5.74) is 5.01. The molecule has 0 saturated carbocycles. The number of amides is 1. The molecule has 0 unspecified atom stereocenters.